The number of aliphatic hydroxyl groups excluding tert-OH is 1. The Kier molecular flexibility index (Phi) is 48.1. The van der Waals surface area contributed by atoms with Crippen molar-refractivity contribution in [2.24, 2.45) is 0 Å². The monoisotopic (exact) mass is 795 g/mol. The average molecular weight is 795 g/mol. The summed E-state index contributed by atoms with van der Waals surface area (Å²) >= 11 is 0. The lowest BCUT2D eigenvalue weighted by Gasteiger charge is -2.16. The van der Waals surface area contributed by atoms with E-state index in [1.54, 1.807) is 0 Å². The highest BCUT2D eigenvalue weighted by Gasteiger charge is 2.13. The zero-order valence-electron chi connectivity index (χ0n) is 37.8. The van der Waals surface area contributed by atoms with Gasteiger partial charge < -0.3 is 14.6 Å². The lowest BCUT2D eigenvalue weighted by atomic mass is 10.1. The number of rotatable bonds is 45. The fourth-order valence-electron chi connectivity index (χ4n) is 6.88. The lowest BCUT2D eigenvalue weighted by Crippen LogP contribution is -2.27. The molecule has 0 rings (SSSR count). The van der Waals surface area contributed by atoms with Crippen molar-refractivity contribution in [3.63, 3.8) is 0 Å². The Morgan fingerprint density at radius 1 is 0.439 bits per heavy atom. The zero-order valence-corrected chi connectivity index (χ0v) is 37.8. The van der Waals surface area contributed by atoms with Gasteiger partial charge in [0.2, 0.25) is 0 Å². The van der Waals surface area contributed by atoms with E-state index < -0.39 is 6.10 Å². The molecule has 0 aliphatic rings. The second-order valence-corrected chi connectivity index (χ2v) is 16.2. The highest BCUT2D eigenvalue weighted by atomic mass is 16.6. The van der Waals surface area contributed by atoms with Crippen LogP contribution in [0.1, 0.15) is 232 Å². The van der Waals surface area contributed by atoms with E-state index in [9.17, 15) is 9.90 Å². The quantitative estimate of drug-likeness (QED) is 0.0379. The molecule has 0 aliphatic heterocycles. The normalized spacial score (nSPS) is 13.0. The van der Waals surface area contributed by atoms with Crippen molar-refractivity contribution >= 4 is 5.97 Å². The van der Waals surface area contributed by atoms with Crippen LogP contribution in [0.2, 0.25) is 0 Å². The van der Waals surface area contributed by atoms with Crippen LogP contribution in [0.5, 0.6) is 0 Å². The van der Waals surface area contributed by atoms with E-state index in [2.05, 4.69) is 86.8 Å². The Balaban J connectivity index is 3.45. The van der Waals surface area contributed by atoms with Crippen LogP contribution < -0.4 is 0 Å². The van der Waals surface area contributed by atoms with Crippen LogP contribution in [0.25, 0.3) is 0 Å². The van der Waals surface area contributed by atoms with Gasteiger partial charge in [-0.3, -0.25) is 4.79 Å². The molecule has 0 aliphatic carbocycles. The summed E-state index contributed by atoms with van der Waals surface area (Å²) in [6.45, 7) is 5.23. The number of hydrogen-bond donors (Lipinski definition) is 1. The molecule has 57 heavy (non-hydrogen) atoms. The molecule has 0 amide bonds. The number of carbonyl (C=O) groups is 1. The first-order valence-electron chi connectivity index (χ1n) is 24.5. The van der Waals surface area contributed by atoms with E-state index in [1.165, 1.54) is 161 Å². The Morgan fingerprint density at radius 3 is 1.21 bits per heavy atom. The molecule has 330 valence electrons. The number of esters is 1. The Morgan fingerprint density at radius 2 is 0.789 bits per heavy atom. The SMILES string of the molecule is CC/C=C\C/C=C\C/C=C\C/C=C\C/C=C\CCCCCCCCCCCC(=O)OC(CO)COCCCCCCCCCCCC/C=C\CCCCCCCC. The van der Waals surface area contributed by atoms with Crippen molar-refractivity contribution < 1.29 is 19.4 Å². The van der Waals surface area contributed by atoms with Crippen LogP contribution in [0.3, 0.4) is 0 Å². The molecule has 0 aromatic carbocycles. The number of carbonyl (C=O) groups excluding carboxylic acids is 1. The van der Waals surface area contributed by atoms with Crippen LogP contribution in [-0.2, 0) is 14.3 Å². The van der Waals surface area contributed by atoms with Crippen molar-refractivity contribution in [1.29, 1.82) is 0 Å². The molecule has 0 aromatic heterocycles. The average Bonchev–Trinajstić information content (AvgIpc) is 3.22. The second kappa shape index (κ2) is 50.0. The van der Waals surface area contributed by atoms with Gasteiger partial charge in [0.05, 0.1) is 13.2 Å². The van der Waals surface area contributed by atoms with Crippen molar-refractivity contribution in [3.8, 4) is 0 Å². The van der Waals surface area contributed by atoms with Gasteiger partial charge in [-0.2, -0.15) is 0 Å². The van der Waals surface area contributed by atoms with Crippen molar-refractivity contribution in [2.45, 2.75) is 238 Å². The van der Waals surface area contributed by atoms with Gasteiger partial charge in [0, 0.05) is 13.0 Å². The summed E-state index contributed by atoms with van der Waals surface area (Å²) in [6.07, 6.45) is 68.4. The first-order valence-corrected chi connectivity index (χ1v) is 24.5. The number of aliphatic hydroxyl groups is 1. The third-order valence-electron chi connectivity index (χ3n) is 10.5. The van der Waals surface area contributed by atoms with E-state index in [0.29, 0.717) is 19.6 Å². The van der Waals surface area contributed by atoms with Gasteiger partial charge in [-0.05, 0) is 83.5 Å². The fourth-order valence-corrected chi connectivity index (χ4v) is 6.88. The molecule has 0 spiro atoms. The molecule has 1 unspecified atom stereocenters. The maximum atomic E-state index is 12.3. The predicted octanol–water partition coefficient (Wildman–Crippen LogP) is 16.5. The molecular formula is C53H94O4. The van der Waals surface area contributed by atoms with E-state index in [4.69, 9.17) is 9.47 Å². The molecule has 0 heterocycles. The van der Waals surface area contributed by atoms with Crippen molar-refractivity contribution in [3.05, 3.63) is 72.9 Å². The number of allylic oxidation sites excluding steroid dienone is 12. The summed E-state index contributed by atoms with van der Waals surface area (Å²) in [7, 11) is 0. The van der Waals surface area contributed by atoms with Crippen LogP contribution in [-0.4, -0.2) is 37.0 Å². The third-order valence-corrected chi connectivity index (χ3v) is 10.5. The van der Waals surface area contributed by atoms with Gasteiger partial charge in [-0.25, -0.2) is 0 Å². The topological polar surface area (TPSA) is 55.8 Å². The fraction of sp³-hybridized carbons (Fsp3) is 0.755. The molecule has 0 bridgehead atoms. The van der Waals surface area contributed by atoms with E-state index >= 15 is 0 Å². The van der Waals surface area contributed by atoms with Gasteiger partial charge in [0.15, 0.2) is 0 Å². The molecule has 1 N–H and O–H groups in total. The Labute approximate surface area is 355 Å². The van der Waals surface area contributed by atoms with Gasteiger partial charge in [-0.15, -0.1) is 0 Å². The maximum absolute atomic E-state index is 12.3. The molecule has 0 saturated carbocycles. The standard InChI is InChI=1S/C53H94O4/c1-3-5-7-9-11-13-15-17-19-21-23-25-26-27-28-29-30-32-34-36-38-40-42-44-46-48-53(55)57-52(50-54)51-56-49-47-45-43-41-39-37-35-33-31-24-22-20-18-16-14-12-10-8-6-4-2/h5,7,11,13,17-20,23,25,27-28,52,54H,3-4,6,8-10,12,14-16,21-22,24,26,29-51H2,1-2H3/b7-5-,13-11-,19-17-,20-18-,25-23-,28-27-. The molecular weight excluding hydrogens is 701 g/mol. The second-order valence-electron chi connectivity index (χ2n) is 16.2. The molecule has 0 radical (unpaired) electrons. The largest absolute Gasteiger partial charge is 0.457 e. The van der Waals surface area contributed by atoms with E-state index in [1.807, 2.05) is 0 Å². The van der Waals surface area contributed by atoms with E-state index in [0.717, 1.165) is 51.4 Å². The van der Waals surface area contributed by atoms with Gasteiger partial charge >= 0.3 is 5.97 Å². The Hall–Kier alpha value is -2.17. The van der Waals surface area contributed by atoms with Gasteiger partial charge in [0.25, 0.3) is 0 Å². The van der Waals surface area contributed by atoms with Crippen LogP contribution in [0, 0.1) is 0 Å². The predicted molar refractivity (Wildman–Crippen MR) is 251 cm³/mol. The highest BCUT2D eigenvalue weighted by Crippen LogP contribution is 2.14. The van der Waals surface area contributed by atoms with Crippen LogP contribution in [0.4, 0.5) is 0 Å². The summed E-state index contributed by atoms with van der Waals surface area (Å²) in [5.41, 5.74) is 0. The summed E-state index contributed by atoms with van der Waals surface area (Å²) in [5, 5.41) is 9.64. The zero-order chi connectivity index (χ0) is 41.2. The summed E-state index contributed by atoms with van der Waals surface area (Å²) in [6, 6.07) is 0. The molecule has 0 aromatic rings. The van der Waals surface area contributed by atoms with Gasteiger partial charge in [0.1, 0.15) is 6.10 Å². The third kappa shape index (κ3) is 48.1. The molecule has 1 atom stereocenters. The number of hydrogen-bond acceptors (Lipinski definition) is 4. The molecule has 4 heteroatoms. The van der Waals surface area contributed by atoms with Crippen molar-refractivity contribution in [2.75, 3.05) is 19.8 Å². The first-order chi connectivity index (χ1) is 28.2. The van der Waals surface area contributed by atoms with Crippen LogP contribution >= 0.6 is 0 Å². The molecule has 0 fully saturated rings. The minimum absolute atomic E-state index is 0.177. The summed E-state index contributed by atoms with van der Waals surface area (Å²) in [4.78, 5) is 12.3. The summed E-state index contributed by atoms with van der Waals surface area (Å²) < 4.78 is 11.2. The first kappa shape index (κ1) is 54.8. The maximum Gasteiger partial charge on any atom is 0.306 e. The smallest absolute Gasteiger partial charge is 0.306 e. The highest BCUT2D eigenvalue weighted by molar-refractivity contribution is 5.69. The number of ether oxygens (including phenoxy) is 2. The molecule has 4 nitrogen and oxygen atoms in total. The lowest BCUT2D eigenvalue weighted by molar-refractivity contribution is -0.154. The summed E-state index contributed by atoms with van der Waals surface area (Å²) in [5.74, 6) is -0.208. The van der Waals surface area contributed by atoms with E-state index in [-0.39, 0.29) is 12.6 Å². The number of unbranched alkanes of at least 4 members (excludes halogenated alkanes) is 25. The van der Waals surface area contributed by atoms with Crippen LogP contribution in [0.15, 0.2) is 72.9 Å². The Bertz CT molecular complexity index is 973. The minimum Gasteiger partial charge on any atom is -0.457 e. The minimum atomic E-state index is -0.542. The van der Waals surface area contributed by atoms with Crippen molar-refractivity contribution in [1.82, 2.24) is 0 Å². The molecule has 0 saturated heterocycles. The van der Waals surface area contributed by atoms with Gasteiger partial charge in [-0.1, -0.05) is 215 Å².